The van der Waals surface area contributed by atoms with Gasteiger partial charge in [-0.1, -0.05) is 0 Å². The molecule has 3 rings (SSSR count). The van der Waals surface area contributed by atoms with Crippen molar-refractivity contribution in [2.75, 3.05) is 24.5 Å². The average molecular weight is 274 g/mol. The summed E-state index contributed by atoms with van der Waals surface area (Å²) >= 11 is 1.69. The van der Waals surface area contributed by atoms with E-state index in [2.05, 4.69) is 31.7 Å². The van der Waals surface area contributed by atoms with Gasteiger partial charge in [-0.2, -0.15) is 11.3 Å². The first-order valence-electron chi connectivity index (χ1n) is 6.67. The van der Waals surface area contributed by atoms with E-state index in [-0.39, 0.29) is 0 Å². The average Bonchev–Trinajstić information content (AvgIpc) is 3.02. The summed E-state index contributed by atoms with van der Waals surface area (Å²) < 4.78 is 0. The highest BCUT2D eigenvalue weighted by Crippen LogP contribution is 2.24. The summed E-state index contributed by atoms with van der Waals surface area (Å²) in [7, 11) is 0. The van der Waals surface area contributed by atoms with E-state index in [1.54, 1.807) is 11.3 Å². The highest BCUT2D eigenvalue weighted by atomic mass is 32.1. The van der Waals surface area contributed by atoms with E-state index in [4.69, 9.17) is 5.73 Å². The van der Waals surface area contributed by atoms with Gasteiger partial charge in [0.05, 0.1) is 5.69 Å². The Morgan fingerprint density at radius 2 is 2.16 bits per heavy atom. The summed E-state index contributed by atoms with van der Waals surface area (Å²) in [4.78, 5) is 11.4. The minimum Gasteiger partial charge on any atom is -0.341 e. The van der Waals surface area contributed by atoms with Crippen LogP contribution in [0.4, 0.5) is 5.95 Å². The van der Waals surface area contributed by atoms with Gasteiger partial charge >= 0.3 is 0 Å². The van der Waals surface area contributed by atoms with E-state index in [0.717, 1.165) is 44.1 Å². The summed E-state index contributed by atoms with van der Waals surface area (Å²) in [5, 5.41) is 4.19. The van der Waals surface area contributed by atoms with Crippen LogP contribution in [0.5, 0.6) is 0 Å². The van der Waals surface area contributed by atoms with Crippen molar-refractivity contribution < 1.29 is 0 Å². The van der Waals surface area contributed by atoms with Crippen LogP contribution < -0.4 is 10.6 Å². The lowest BCUT2D eigenvalue weighted by molar-refractivity contribution is 0.411. The Balaban J connectivity index is 1.77. The molecule has 4 nitrogen and oxygen atoms in total. The fourth-order valence-electron chi connectivity index (χ4n) is 2.44. The second-order valence-electron chi connectivity index (χ2n) is 4.92. The number of hydrogen-bond acceptors (Lipinski definition) is 5. The van der Waals surface area contributed by atoms with Crippen molar-refractivity contribution in [2.45, 2.75) is 12.8 Å². The Morgan fingerprint density at radius 1 is 1.32 bits per heavy atom. The molecular formula is C14H18N4S. The third-order valence-corrected chi connectivity index (χ3v) is 4.37. The zero-order chi connectivity index (χ0) is 13.1. The lowest BCUT2D eigenvalue weighted by atomic mass is 9.97. The maximum Gasteiger partial charge on any atom is 0.225 e. The van der Waals surface area contributed by atoms with Gasteiger partial charge in [0.1, 0.15) is 0 Å². The first-order valence-corrected chi connectivity index (χ1v) is 7.61. The molecule has 1 aliphatic heterocycles. The molecule has 19 heavy (non-hydrogen) atoms. The number of nitrogens with two attached hydrogens (primary N) is 1. The third kappa shape index (κ3) is 2.77. The van der Waals surface area contributed by atoms with Gasteiger partial charge in [0.2, 0.25) is 5.95 Å². The molecule has 3 heterocycles. The Hall–Kier alpha value is -1.46. The number of nitrogens with zero attached hydrogens (tertiary/aromatic N) is 3. The van der Waals surface area contributed by atoms with Crippen LogP contribution in [0.25, 0.3) is 11.3 Å². The smallest absolute Gasteiger partial charge is 0.225 e. The molecule has 0 amide bonds. The second kappa shape index (κ2) is 5.67. The Bertz CT molecular complexity index is 518. The maximum atomic E-state index is 5.73. The Kier molecular flexibility index (Phi) is 3.75. The minimum absolute atomic E-state index is 0.663. The molecule has 1 fully saturated rings. The Morgan fingerprint density at radius 3 is 2.84 bits per heavy atom. The number of rotatable bonds is 3. The first kappa shape index (κ1) is 12.6. The van der Waals surface area contributed by atoms with Crippen molar-refractivity contribution in [2.24, 2.45) is 11.7 Å². The number of thiophene rings is 1. The SMILES string of the molecule is NCC1CCN(c2nccc(-c3ccsc3)n2)CC1. The largest absolute Gasteiger partial charge is 0.341 e. The van der Waals surface area contributed by atoms with Crippen LogP contribution in [0, 0.1) is 5.92 Å². The molecular weight excluding hydrogens is 256 g/mol. The van der Waals surface area contributed by atoms with Crippen molar-refractivity contribution in [1.82, 2.24) is 9.97 Å². The molecule has 0 aliphatic carbocycles. The van der Waals surface area contributed by atoms with E-state index in [0.29, 0.717) is 5.92 Å². The van der Waals surface area contributed by atoms with Crippen LogP contribution in [0.2, 0.25) is 0 Å². The number of anilines is 1. The zero-order valence-corrected chi connectivity index (χ0v) is 11.6. The molecule has 100 valence electrons. The van der Waals surface area contributed by atoms with Gasteiger partial charge < -0.3 is 10.6 Å². The quantitative estimate of drug-likeness (QED) is 0.933. The van der Waals surface area contributed by atoms with Crippen LogP contribution in [0.3, 0.4) is 0 Å². The topological polar surface area (TPSA) is 55.0 Å². The maximum absolute atomic E-state index is 5.73. The summed E-state index contributed by atoms with van der Waals surface area (Å²) in [6, 6.07) is 4.07. The van der Waals surface area contributed by atoms with Gasteiger partial charge in [-0.3, -0.25) is 0 Å². The molecule has 5 heteroatoms. The molecule has 0 aromatic carbocycles. The van der Waals surface area contributed by atoms with Gasteiger partial charge in [0.25, 0.3) is 0 Å². The number of hydrogen-bond donors (Lipinski definition) is 1. The molecule has 2 N–H and O–H groups in total. The van der Waals surface area contributed by atoms with E-state index in [1.165, 1.54) is 5.56 Å². The predicted octanol–water partition coefficient (Wildman–Crippen LogP) is 2.38. The van der Waals surface area contributed by atoms with E-state index < -0.39 is 0 Å². The van der Waals surface area contributed by atoms with E-state index in [9.17, 15) is 0 Å². The van der Waals surface area contributed by atoms with Gasteiger partial charge in [0, 0.05) is 30.2 Å². The van der Waals surface area contributed by atoms with E-state index >= 15 is 0 Å². The molecule has 2 aromatic rings. The van der Waals surface area contributed by atoms with Crippen LogP contribution in [0.1, 0.15) is 12.8 Å². The summed E-state index contributed by atoms with van der Waals surface area (Å²) in [5.41, 5.74) is 7.91. The minimum atomic E-state index is 0.663. The van der Waals surface area contributed by atoms with Crippen LogP contribution >= 0.6 is 11.3 Å². The Labute approximate surface area is 117 Å². The van der Waals surface area contributed by atoms with Crippen LogP contribution in [0.15, 0.2) is 29.1 Å². The highest BCUT2D eigenvalue weighted by molar-refractivity contribution is 7.08. The fourth-order valence-corrected chi connectivity index (χ4v) is 3.09. The molecule has 1 aliphatic rings. The van der Waals surface area contributed by atoms with Gasteiger partial charge in [-0.25, -0.2) is 9.97 Å². The summed E-state index contributed by atoms with van der Waals surface area (Å²) in [6.45, 7) is 2.81. The third-order valence-electron chi connectivity index (χ3n) is 3.69. The second-order valence-corrected chi connectivity index (χ2v) is 5.70. The van der Waals surface area contributed by atoms with Crippen molar-refractivity contribution in [3.8, 4) is 11.3 Å². The van der Waals surface area contributed by atoms with Gasteiger partial charge in [-0.15, -0.1) is 0 Å². The van der Waals surface area contributed by atoms with Gasteiger partial charge in [0.15, 0.2) is 0 Å². The molecule has 0 spiro atoms. The monoisotopic (exact) mass is 274 g/mol. The normalized spacial score (nSPS) is 16.8. The van der Waals surface area contributed by atoms with Crippen molar-refractivity contribution in [1.29, 1.82) is 0 Å². The lowest BCUT2D eigenvalue weighted by Crippen LogP contribution is -2.37. The molecule has 0 radical (unpaired) electrons. The van der Waals surface area contributed by atoms with Crippen molar-refractivity contribution in [3.05, 3.63) is 29.1 Å². The predicted molar refractivity (Wildman–Crippen MR) is 79.3 cm³/mol. The van der Waals surface area contributed by atoms with Crippen LogP contribution in [-0.4, -0.2) is 29.6 Å². The van der Waals surface area contributed by atoms with Crippen LogP contribution in [-0.2, 0) is 0 Å². The zero-order valence-electron chi connectivity index (χ0n) is 10.8. The standard InChI is InChI=1S/C14H18N4S/c15-9-11-2-6-18(7-3-11)14-16-5-1-13(17-14)12-4-8-19-10-12/h1,4-5,8,10-11H,2-3,6-7,9,15H2. The van der Waals surface area contributed by atoms with E-state index in [1.807, 2.05) is 12.3 Å². The molecule has 0 atom stereocenters. The molecule has 1 saturated heterocycles. The van der Waals surface area contributed by atoms with Crippen molar-refractivity contribution in [3.63, 3.8) is 0 Å². The highest BCUT2D eigenvalue weighted by Gasteiger charge is 2.20. The number of aromatic nitrogens is 2. The summed E-state index contributed by atoms with van der Waals surface area (Å²) in [5.74, 6) is 1.51. The lowest BCUT2D eigenvalue weighted by Gasteiger charge is -2.31. The van der Waals surface area contributed by atoms with Gasteiger partial charge in [-0.05, 0) is 42.8 Å². The summed E-state index contributed by atoms with van der Waals surface area (Å²) in [6.07, 6.45) is 4.13. The molecule has 0 bridgehead atoms. The van der Waals surface area contributed by atoms with Crippen molar-refractivity contribution >= 4 is 17.3 Å². The first-order chi connectivity index (χ1) is 9.36. The molecule has 0 unspecified atom stereocenters. The molecule has 0 saturated carbocycles. The number of piperidine rings is 1. The molecule has 2 aromatic heterocycles. The fraction of sp³-hybridized carbons (Fsp3) is 0.429.